The van der Waals surface area contributed by atoms with Crippen LogP contribution in [0.1, 0.15) is 40.6 Å². The van der Waals surface area contributed by atoms with Gasteiger partial charge >= 0.3 is 0 Å². The number of hydrogen-bond donors (Lipinski definition) is 2. The molecule has 4 aromatic rings. The third kappa shape index (κ3) is 4.34. The number of imidazole rings is 1. The summed E-state index contributed by atoms with van der Waals surface area (Å²) >= 11 is 0. The van der Waals surface area contributed by atoms with Crippen LogP contribution in [0, 0.1) is 5.82 Å². The minimum Gasteiger partial charge on any atom is -0.351 e. The Kier molecular flexibility index (Phi) is 5.21. The van der Waals surface area contributed by atoms with E-state index in [1.165, 1.54) is 6.07 Å². The number of amides is 1. The van der Waals surface area contributed by atoms with Gasteiger partial charge in [0.1, 0.15) is 5.82 Å². The Morgan fingerprint density at radius 3 is 2.90 bits per heavy atom. The van der Waals surface area contributed by atoms with E-state index in [9.17, 15) is 9.18 Å². The number of carbonyl (C=O) groups excluding carboxylic acids is 1. The van der Waals surface area contributed by atoms with Crippen molar-refractivity contribution in [3.63, 3.8) is 0 Å². The van der Waals surface area contributed by atoms with E-state index in [4.69, 9.17) is 4.52 Å². The molecule has 5 rings (SSSR count). The fourth-order valence-electron chi connectivity index (χ4n) is 4.07. The molecule has 8 heteroatoms. The molecule has 31 heavy (non-hydrogen) atoms. The molecule has 2 aromatic carbocycles. The van der Waals surface area contributed by atoms with Crippen molar-refractivity contribution in [3.8, 4) is 0 Å². The molecule has 1 aliphatic rings. The molecule has 1 amide bonds. The van der Waals surface area contributed by atoms with Gasteiger partial charge in [0, 0.05) is 24.2 Å². The number of aromatic amines is 1. The minimum absolute atomic E-state index is 0.196. The molecule has 0 saturated carbocycles. The SMILES string of the molecule is O=C(Nc1ccc2nc[nH]c2c1)c1cc(C2CCN(Cc3cccc(F)c3)CC2)no1. The van der Waals surface area contributed by atoms with E-state index in [1.807, 2.05) is 18.2 Å². The number of halogens is 1. The van der Waals surface area contributed by atoms with Crippen LogP contribution in [-0.4, -0.2) is 39.0 Å². The van der Waals surface area contributed by atoms with Gasteiger partial charge in [-0.2, -0.15) is 0 Å². The highest BCUT2D eigenvalue weighted by atomic mass is 19.1. The highest BCUT2D eigenvalue weighted by Crippen LogP contribution is 2.28. The molecular formula is C23H22FN5O2. The molecule has 0 atom stereocenters. The Morgan fingerprint density at radius 2 is 2.06 bits per heavy atom. The quantitative estimate of drug-likeness (QED) is 0.503. The minimum atomic E-state index is -0.332. The average Bonchev–Trinajstić information content (AvgIpc) is 3.44. The van der Waals surface area contributed by atoms with Gasteiger partial charge in [0.05, 0.1) is 23.1 Å². The summed E-state index contributed by atoms with van der Waals surface area (Å²) < 4.78 is 18.7. The van der Waals surface area contributed by atoms with Crippen LogP contribution in [0.4, 0.5) is 10.1 Å². The van der Waals surface area contributed by atoms with E-state index in [1.54, 1.807) is 30.6 Å². The molecule has 1 aliphatic heterocycles. The lowest BCUT2D eigenvalue weighted by molar-refractivity contribution is 0.0987. The molecule has 0 unspecified atom stereocenters. The Labute approximate surface area is 178 Å². The van der Waals surface area contributed by atoms with E-state index in [-0.39, 0.29) is 23.4 Å². The monoisotopic (exact) mass is 419 g/mol. The Hall–Kier alpha value is -3.52. The number of likely N-dealkylation sites (tertiary alicyclic amines) is 1. The van der Waals surface area contributed by atoms with Gasteiger partial charge in [0.25, 0.3) is 5.91 Å². The molecule has 158 valence electrons. The summed E-state index contributed by atoms with van der Waals surface area (Å²) in [6.07, 6.45) is 3.45. The van der Waals surface area contributed by atoms with Gasteiger partial charge in [0.15, 0.2) is 0 Å². The predicted octanol–water partition coefficient (Wildman–Crippen LogP) is 4.32. The summed E-state index contributed by atoms with van der Waals surface area (Å²) in [5.74, 6) is -0.0938. The normalized spacial score (nSPS) is 15.4. The van der Waals surface area contributed by atoms with Crippen molar-refractivity contribution in [1.82, 2.24) is 20.0 Å². The third-order valence-electron chi connectivity index (χ3n) is 5.73. The summed E-state index contributed by atoms with van der Waals surface area (Å²) in [5.41, 5.74) is 4.13. The number of anilines is 1. The van der Waals surface area contributed by atoms with Crippen LogP contribution in [0.5, 0.6) is 0 Å². The highest BCUT2D eigenvalue weighted by Gasteiger charge is 2.25. The highest BCUT2D eigenvalue weighted by molar-refractivity contribution is 6.03. The molecule has 0 bridgehead atoms. The molecule has 3 heterocycles. The maximum Gasteiger partial charge on any atom is 0.294 e. The summed E-state index contributed by atoms with van der Waals surface area (Å²) in [4.78, 5) is 22.1. The van der Waals surface area contributed by atoms with Gasteiger partial charge in [0.2, 0.25) is 5.76 Å². The smallest absolute Gasteiger partial charge is 0.294 e. The molecule has 7 nitrogen and oxygen atoms in total. The number of rotatable bonds is 5. The van der Waals surface area contributed by atoms with Gasteiger partial charge in [-0.25, -0.2) is 9.37 Å². The Morgan fingerprint density at radius 1 is 1.19 bits per heavy atom. The van der Waals surface area contributed by atoms with Crippen LogP contribution in [0.15, 0.2) is 59.4 Å². The fourth-order valence-corrected chi connectivity index (χ4v) is 4.07. The van der Waals surface area contributed by atoms with Crippen molar-refractivity contribution in [3.05, 3.63) is 77.7 Å². The zero-order valence-electron chi connectivity index (χ0n) is 16.8. The van der Waals surface area contributed by atoms with E-state index in [0.717, 1.165) is 54.8 Å². The van der Waals surface area contributed by atoms with Crippen molar-refractivity contribution in [2.24, 2.45) is 0 Å². The van der Waals surface area contributed by atoms with Crippen LogP contribution < -0.4 is 5.32 Å². The second-order valence-electron chi connectivity index (χ2n) is 7.88. The zero-order valence-corrected chi connectivity index (χ0v) is 16.8. The standard InChI is InChI=1S/C23H22FN5O2/c24-17-3-1-2-15(10-17)13-29-8-6-16(7-9-29)20-12-22(31-28-20)23(30)27-18-4-5-19-21(11-18)26-14-25-19/h1-5,10-12,14,16H,6-9,13H2,(H,25,26)(H,27,30). The molecule has 0 spiro atoms. The molecule has 1 saturated heterocycles. The van der Waals surface area contributed by atoms with Crippen LogP contribution in [-0.2, 0) is 6.54 Å². The van der Waals surface area contributed by atoms with Gasteiger partial charge in [-0.3, -0.25) is 9.69 Å². The van der Waals surface area contributed by atoms with Crippen LogP contribution in [0.2, 0.25) is 0 Å². The van der Waals surface area contributed by atoms with E-state index >= 15 is 0 Å². The summed E-state index contributed by atoms with van der Waals surface area (Å²) in [5, 5.41) is 6.98. The maximum atomic E-state index is 13.4. The zero-order chi connectivity index (χ0) is 21.2. The van der Waals surface area contributed by atoms with Crippen molar-refractivity contribution < 1.29 is 13.7 Å². The number of hydrogen-bond acceptors (Lipinski definition) is 5. The molecule has 0 aliphatic carbocycles. The fraction of sp³-hybridized carbons (Fsp3) is 0.261. The van der Waals surface area contributed by atoms with Gasteiger partial charge in [-0.05, 0) is 61.8 Å². The lowest BCUT2D eigenvalue weighted by Crippen LogP contribution is -2.32. The Balaban J connectivity index is 1.18. The second-order valence-corrected chi connectivity index (χ2v) is 7.88. The van der Waals surface area contributed by atoms with E-state index < -0.39 is 0 Å². The van der Waals surface area contributed by atoms with Crippen molar-refractivity contribution in [2.75, 3.05) is 18.4 Å². The molecular weight excluding hydrogens is 397 g/mol. The summed E-state index contributed by atoms with van der Waals surface area (Å²) in [6.45, 7) is 2.51. The number of H-pyrrole nitrogens is 1. The van der Waals surface area contributed by atoms with E-state index in [2.05, 4.69) is 25.3 Å². The van der Waals surface area contributed by atoms with Gasteiger partial charge < -0.3 is 14.8 Å². The van der Waals surface area contributed by atoms with Crippen molar-refractivity contribution >= 4 is 22.6 Å². The predicted molar refractivity (Wildman–Crippen MR) is 114 cm³/mol. The first kappa shape index (κ1) is 19.4. The lowest BCUT2D eigenvalue weighted by atomic mass is 9.93. The van der Waals surface area contributed by atoms with Gasteiger partial charge in [-0.15, -0.1) is 0 Å². The van der Waals surface area contributed by atoms with Crippen LogP contribution >= 0.6 is 0 Å². The number of nitrogens with one attached hydrogen (secondary N) is 2. The van der Waals surface area contributed by atoms with Gasteiger partial charge in [-0.1, -0.05) is 17.3 Å². The Bertz CT molecular complexity index is 1210. The number of fused-ring (bicyclic) bond motifs is 1. The molecule has 1 fully saturated rings. The maximum absolute atomic E-state index is 13.4. The summed E-state index contributed by atoms with van der Waals surface area (Å²) in [7, 11) is 0. The first-order valence-corrected chi connectivity index (χ1v) is 10.3. The van der Waals surface area contributed by atoms with Crippen molar-refractivity contribution in [2.45, 2.75) is 25.3 Å². The number of piperidine rings is 1. The second kappa shape index (κ2) is 8.31. The number of benzene rings is 2. The topological polar surface area (TPSA) is 87.0 Å². The van der Waals surface area contributed by atoms with Crippen LogP contribution in [0.25, 0.3) is 11.0 Å². The third-order valence-corrected chi connectivity index (χ3v) is 5.73. The molecule has 2 aromatic heterocycles. The number of carbonyl (C=O) groups is 1. The van der Waals surface area contributed by atoms with Crippen LogP contribution in [0.3, 0.4) is 0 Å². The van der Waals surface area contributed by atoms with Crippen molar-refractivity contribution in [1.29, 1.82) is 0 Å². The lowest BCUT2D eigenvalue weighted by Gasteiger charge is -2.31. The average molecular weight is 419 g/mol. The first-order chi connectivity index (χ1) is 15.1. The molecule has 0 radical (unpaired) electrons. The largest absolute Gasteiger partial charge is 0.351 e. The first-order valence-electron chi connectivity index (χ1n) is 10.3. The number of aromatic nitrogens is 3. The number of nitrogens with zero attached hydrogens (tertiary/aromatic N) is 3. The summed E-state index contributed by atoms with van der Waals surface area (Å²) in [6, 6.07) is 13.9. The van der Waals surface area contributed by atoms with E-state index in [0.29, 0.717) is 5.69 Å². The molecule has 2 N–H and O–H groups in total.